The van der Waals surface area contributed by atoms with Crippen molar-refractivity contribution >= 4 is 17.9 Å². The molecule has 0 aliphatic heterocycles. The predicted octanol–water partition coefficient (Wildman–Crippen LogP) is 22.8. The van der Waals surface area contributed by atoms with E-state index in [0.29, 0.717) is 19.3 Å². The van der Waals surface area contributed by atoms with Crippen molar-refractivity contribution in [3.8, 4) is 0 Å². The van der Waals surface area contributed by atoms with E-state index in [1.807, 2.05) is 0 Å². The standard InChI is InChI=1S/C76H118O6/c1-4-7-10-13-16-19-22-25-28-30-32-34-35-36-37-38-39-40-41-43-44-46-48-51-54-57-60-63-66-69-75(78)81-72-73(71-80-74(77)68-65-62-59-56-53-50-27-24-21-18-15-12-9-6-3)82-76(79)70-67-64-61-58-55-52-49-47-45-42-33-31-29-26-23-20-17-14-11-8-5-2/h7-8,10-11,16-17,19-20,25-26,28-29,32-34,36-37,39-40,42-44,47-49,51,55,57-58,60,73H,4-6,9,12-15,18,21-24,27,30-31,35,38,41,45-46,50,52-54,56,59,61-72H2,1-3H3/b10-7-,11-8-,19-16-,20-17-,28-25-,29-26-,34-32-,37-36-,40-39-,42-33-,44-43-,49-47-,51-48-,58-55-,60-57-. The highest BCUT2D eigenvalue weighted by atomic mass is 16.6. The molecule has 0 radical (unpaired) electrons. The van der Waals surface area contributed by atoms with Crippen LogP contribution in [0.3, 0.4) is 0 Å². The van der Waals surface area contributed by atoms with E-state index in [2.05, 4.69) is 203 Å². The van der Waals surface area contributed by atoms with E-state index in [1.54, 1.807) is 0 Å². The molecule has 6 heteroatoms. The van der Waals surface area contributed by atoms with Crippen LogP contribution in [0.1, 0.15) is 258 Å². The van der Waals surface area contributed by atoms with Gasteiger partial charge in [-0.2, -0.15) is 0 Å². The van der Waals surface area contributed by atoms with E-state index < -0.39 is 6.10 Å². The maximum absolute atomic E-state index is 12.9. The van der Waals surface area contributed by atoms with E-state index in [-0.39, 0.29) is 44.0 Å². The fourth-order valence-electron chi connectivity index (χ4n) is 8.33. The van der Waals surface area contributed by atoms with Gasteiger partial charge in [-0.05, 0) is 135 Å². The molecule has 458 valence electrons. The summed E-state index contributed by atoms with van der Waals surface area (Å²) in [5.41, 5.74) is 0. The Morgan fingerprint density at radius 2 is 0.488 bits per heavy atom. The Bertz CT molecular complexity index is 1920. The molecule has 0 aliphatic rings. The minimum atomic E-state index is -0.835. The van der Waals surface area contributed by atoms with Crippen LogP contribution >= 0.6 is 0 Å². The smallest absolute Gasteiger partial charge is 0.306 e. The maximum Gasteiger partial charge on any atom is 0.306 e. The number of ether oxygens (including phenoxy) is 3. The summed E-state index contributed by atoms with van der Waals surface area (Å²) in [6.07, 6.45) is 102. The Morgan fingerprint density at radius 1 is 0.256 bits per heavy atom. The molecule has 0 saturated carbocycles. The van der Waals surface area contributed by atoms with Gasteiger partial charge in [-0.3, -0.25) is 14.4 Å². The lowest BCUT2D eigenvalue weighted by atomic mass is 10.0. The largest absolute Gasteiger partial charge is 0.462 e. The zero-order valence-electron chi connectivity index (χ0n) is 52.4. The number of hydrogen-bond donors (Lipinski definition) is 0. The lowest BCUT2D eigenvalue weighted by Gasteiger charge is -2.18. The third-order valence-electron chi connectivity index (χ3n) is 13.2. The summed E-state index contributed by atoms with van der Waals surface area (Å²) in [6, 6.07) is 0. The summed E-state index contributed by atoms with van der Waals surface area (Å²) in [6.45, 7) is 6.32. The normalized spacial score (nSPS) is 13.4. The average molecular weight is 1130 g/mol. The van der Waals surface area contributed by atoms with Gasteiger partial charge < -0.3 is 14.2 Å². The van der Waals surface area contributed by atoms with Crippen molar-refractivity contribution in [1.29, 1.82) is 0 Å². The zero-order valence-corrected chi connectivity index (χ0v) is 52.4. The number of hydrogen-bond acceptors (Lipinski definition) is 6. The minimum absolute atomic E-state index is 0.121. The van der Waals surface area contributed by atoms with Crippen LogP contribution in [0.15, 0.2) is 182 Å². The SMILES string of the molecule is CC/C=C\C/C=C\C/C=C\C/C=C\C/C=C\C/C=C\C/C=C\C/C=C\C/C=C\CCCC(=O)OCC(COC(=O)CCCCCCCCCCCCCCCC)OC(=O)CCCC/C=C\C/C=C\C/C=C\C/C=C\C/C=C\C/C=C\CC. The van der Waals surface area contributed by atoms with E-state index in [9.17, 15) is 14.4 Å². The second-order valence-corrected chi connectivity index (χ2v) is 20.9. The van der Waals surface area contributed by atoms with Gasteiger partial charge in [0.2, 0.25) is 0 Å². The fourth-order valence-corrected chi connectivity index (χ4v) is 8.33. The van der Waals surface area contributed by atoms with Crippen LogP contribution in [0.5, 0.6) is 0 Å². The van der Waals surface area contributed by atoms with E-state index in [0.717, 1.165) is 135 Å². The summed E-state index contributed by atoms with van der Waals surface area (Å²) in [5, 5.41) is 0. The lowest BCUT2D eigenvalue weighted by molar-refractivity contribution is -0.167. The van der Waals surface area contributed by atoms with Crippen molar-refractivity contribution in [2.75, 3.05) is 13.2 Å². The van der Waals surface area contributed by atoms with Crippen molar-refractivity contribution in [2.45, 2.75) is 264 Å². The molecule has 0 saturated heterocycles. The third-order valence-corrected chi connectivity index (χ3v) is 13.2. The molecule has 6 nitrogen and oxygen atoms in total. The molecule has 0 aromatic carbocycles. The number of rotatable bonds is 57. The molecule has 0 aromatic rings. The number of esters is 3. The van der Waals surface area contributed by atoms with Gasteiger partial charge in [0, 0.05) is 19.3 Å². The molecule has 82 heavy (non-hydrogen) atoms. The van der Waals surface area contributed by atoms with Crippen LogP contribution in [0.4, 0.5) is 0 Å². The Labute approximate surface area is 504 Å². The second kappa shape index (κ2) is 68.0. The van der Waals surface area contributed by atoms with Crippen molar-refractivity contribution < 1.29 is 28.6 Å². The molecule has 0 fully saturated rings. The van der Waals surface area contributed by atoms with E-state index in [1.165, 1.54) is 70.6 Å². The minimum Gasteiger partial charge on any atom is -0.462 e. The summed E-state index contributed by atoms with van der Waals surface area (Å²) < 4.78 is 16.8. The zero-order chi connectivity index (χ0) is 59.2. The Balaban J connectivity index is 4.55. The third kappa shape index (κ3) is 65.3. The monoisotopic (exact) mass is 1130 g/mol. The van der Waals surface area contributed by atoms with Crippen molar-refractivity contribution in [3.63, 3.8) is 0 Å². The van der Waals surface area contributed by atoms with Gasteiger partial charge in [0.1, 0.15) is 13.2 Å². The quantitative estimate of drug-likeness (QED) is 0.0261. The summed E-state index contributed by atoms with van der Waals surface area (Å²) in [4.78, 5) is 38.3. The van der Waals surface area contributed by atoms with Crippen LogP contribution in [-0.4, -0.2) is 37.2 Å². The van der Waals surface area contributed by atoms with Gasteiger partial charge >= 0.3 is 17.9 Å². The number of unbranched alkanes of at least 4 members (excludes halogenated alkanes) is 16. The fraction of sp³-hybridized carbons (Fsp3) is 0.566. The van der Waals surface area contributed by atoms with Gasteiger partial charge in [0.15, 0.2) is 6.10 Å². The molecule has 0 N–H and O–H groups in total. The van der Waals surface area contributed by atoms with Crippen LogP contribution in [0.25, 0.3) is 0 Å². The van der Waals surface area contributed by atoms with Crippen molar-refractivity contribution in [2.24, 2.45) is 0 Å². The number of allylic oxidation sites excluding steroid dienone is 30. The predicted molar refractivity (Wildman–Crippen MR) is 357 cm³/mol. The molecule has 0 aromatic heterocycles. The van der Waals surface area contributed by atoms with Gasteiger partial charge in [-0.15, -0.1) is 0 Å². The molecule has 0 amide bonds. The number of carbonyl (C=O) groups excluding carboxylic acids is 3. The molecular weight excluding hydrogens is 1010 g/mol. The average Bonchev–Trinajstić information content (AvgIpc) is 3.47. The van der Waals surface area contributed by atoms with Gasteiger partial charge in [0.25, 0.3) is 0 Å². The van der Waals surface area contributed by atoms with Crippen molar-refractivity contribution in [1.82, 2.24) is 0 Å². The topological polar surface area (TPSA) is 78.9 Å². The molecule has 0 aliphatic carbocycles. The Morgan fingerprint density at radius 3 is 0.793 bits per heavy atom. The molecule has 1 unspecified atom stereocenters. The van der Waals surface area contributed by atoms with Crippen LogP contribution in [0.2, 0.25) is 0 Å². The maximum atomic E-state index is 12.9. The van der Waals surface area contributed by atoms with Crippen LogP contribution in [0, 0.1) is 0 Å². The van der Waals surface area contributed by atoms with Gasteiger partial charge in [0.05, 0.1) is 0 Å². The Hall–Kier alpha value is -5.49. The molecule has 0 bridgehead atoms. The summed E-state index contributed by atoms with van der Waals surface area (Å²) in [5.74, 6) is -1.03. The first-order valence-electron chi connectivity index (χ1n) is 32.8. The molecule has 1 atom stereocenters. The van der Waals surface area contributed by atoms with Crippen LogP contribution < -0.4 is 0 Å². The molecular formula is C76H118O6. The summed E-state index contributed by atoms with van der Waals surface area (Å²) >= 11 is 0. The second-order valence-electron chi connectivity index (χ2n) is 20.9. The highest BCUT2D eigenvalue weighted by Gasteiger charge is 2.19. The van der Waals surface area contributed by atoms with Gasteiger partial charge in [-0.25, -0.2) is 0 Å². The highest BCUT2D eigenvalue weighted by molar-refractivity contribution is 5.71. The van der Waals surface area contributed by atoms with E-state index >= 15 is 0 Å². The first-order chi connectivity index (χ1) is 40.5. The van der Waals surface area contributed by atoms with Gasteiger partial charge in [-0.1, -0.05) is 287 Å². The molecule has 0 heterocycles. The highest BCUT2D eigenvalue weighted by Crippen LogP contribution is 2.15. The molecule has 0 rings (SSSR count). The van der Waals surface area contributed by atoms with E-state index in [4.69, 9.17) is 14.2 Å². The first kappa shape index (κ1) is 76.5. The van der Waals surface area contributed by atoms with Crippen molar-refractivity contribution in [3.05, 3.63) is 182 Å². The van der Waals surface area contributed by atoms with Crippen LogP contribution in [-0.2, 0) is 28.6 Å². The molecule has 0 spiro atoms. The first-order valence-corrected chi connectivity index (χ1v) is 32.8. The number of carbonyl (C=O) groups is 3. The Kier molecular flexibility index (Phi) is 63.5. The summed E-state index contributed by atoms with van der Waals surface area (Å²) in [7, 11) is 0. The lowest BCUT2D eigenvalue weighted by Crippen LogP contribution is -2.30.